The van der Waals surface area contributed by atoms with E-state index in [0.29, 0.717) is 5.56 Å². The fraction of sp³-hybridized carbons (Fsp3) is 0.500. The van der Waals surface area contributed by atoms with E-state index in [1.165, 1.54) is 0 Å². The van der Waals surface area contributed by atoms with Crippen molar-refractivity contribution in [2.45, 2.75) is 38.6 Å². The standard InChI is InChI=1S/C12H17NO2/c1-7(13)10-6-11(14)8-4-2-3-5-9(8)12(10)15/h6-7,14-15H,2-5,13H2,1H3. The lowest BCUT2D eigenvalue weighted by atomic mass is 9.87. The van der Waals surface area contributed by atoms with Crippen LogP contribution in [0.15, 0.2) is 6.07 Å². The van der Waals surface area contributed by atoms with Crippen molar-refractivity contribution >= 4 is 0 Å². The Morgan fingerprint density at radius 3 is 2.40 bits per heavy atom. The van der Waals surface area contributed by atoms with Crippen molar-refractivity contribution in [3.63, 3.8) is 0 Å². The smallest absolute Gasteiger partial charge is 0.124 e. The van der Waals surface area contributed by atoms with Crippen LogP contribution in [0.5, 0.6) is 11.5 Å². The maximum absolute atomic E-state index is 10.0. The fourth-order valence-electron chi connectivity index (χ4n) is 2.27. The van der Waals surface area contributed by atoms with Gasteiger partial charge in [-0.2, -0.15) is 0 Å². The fourth-order valence-corrected chi connectivity index (χ4v) is 2.27. The van der Waals surface area contributed by atoms with Crippen molar-refractivity contribution in [2.75, 3.05) is 0 Å². The summed E-state index contributed by atoms with van der Waals surface area (Å²) < 4.78 is 0. The molecule has 1 aliphatic carbocycles. The van der Waals surface area contributed by atoms with E-state index in [0.717, 1.165) is 36.8 Å². The monoisotopic (exact) mass is 207 g/mol. The molecule has 0 aromatic heterocycles. The molecule has 0 amide bonds. The van der Waals surface area contributed by atoms with Gasteiger partial charge in [-0.05, 0) is 38.7 Å². The molecule has 0 spiro atoms. The van der Waals surface area contributed by atoms with Crippen LogP contribution in [0.25, 0.3) is 0 Å². The summed E-state index contributed by atoms with van der Waals surface area (Å²) in [5, 5.41) is 19.9. The number of fused-ring (bicyclic) bond motifs is 1. The summed E-state index contributed by atoms with van der Waals surface area (Å²) >= 11 is 0. The molecule has 1 aliphatic rings. The number of aromatic hydroxyl groups is 2. The van der Waals surface area contributed by atoms with Crippen LogP contribution in [0.4, 0.5) is 0 Å². The second-order valence-corrected chi connectivity index (χ2v) is 4.29. The van der Waals surface area contributed by atoms with Gasteiger partial charge in [0.1, 0.15) is 11.5 Å². The van der Waals surface area contributed by atoms with Gasteiger partial charge in [-0.1, -0.05) is 0 Å². The van der Waals surface area contributed by atoms with Crippen molar-refractivity contribution in [2.24, 2.45) is 5.73 Å². The van der Waals surface area contributed by atoms with E-state index in [1.807, 2.05) is 6.92 Å². The van der Waals surface area contributed by atoms with E-state index < -0.39 is 0 Å². The lowest BCUT2D eigenvalue weighted by molar-refractivity contribution is 0.430. The number of phenolic OH excluding ortho intramolecular Hbond substituents is 2. The topological polar surface area (TPSA) is 66.5 Å². The molecule has 1 unspecified atom stereocenters. The van der Waals surface area contributed by atoms with Crippen molar-refractivity contribution in [3.8, 4) is 11.5 Å². The van der Waals surface area contributed by atoms with Gasteiger partial charge in [0, 0.05) is 22.7 Å². The van der Waals surface area contributed by atoms with Gasteiger partial charge in [0.15, 0.2) is 0 Å². The molecule has 1 atom stereocenters. The Hall–Kier alpha value is -1.22. The number of benzene rings is 1. The Bertz CT molecular complexity index is 386. The predicted molar refractivity (Wildman–Crippen MR) is 59.0 cm³/mol. The van der Waals surface area contributed by atoms with Crippen molar-refractivity contribution in [1.82, 2.24) is 0 Å². The Kier molecular flexibility index (Phi) is 2.57. The highest BCUT2D eigenvalue weighted by molar-refractivity contribution is 5.54. The van der Waals surface area contributed by atoms with Crippen LogP contribution in [0.1, 0.15) is 42.5 Å². The average Bonchev–Trinajstić information content (AvgIpc) is 2.23. The largest absolute Gasteiger partial charge is 0.508 e. The van der Waals surface area contributed by atoms with Crippen molar-refractivity contribution in [3.05, 3.63) is 22.8 Å². The number of hydrogen-bond acceptors (Lipinski definition) is 3. The third-order valence-electron chi connectivity index (χ3n) is 3.12. The van der Waals surface area contributed by atoms with Crippen LogP contribution >= 0.6 is 0 Å². The SMILES string of the molecule is CC(N)c1cc(O)c2c(c1O)CCCC2. The number of rotatable bonds is 1. The summed E-state index contributed by atoms with van der Waals surface area (Å²) in [5.74, 6) is 0.576. The third-order valence-corrected chi connectivity index (χ3v) is 3.12. The van der Waals surface area contributed by atoms with E-state index >= 15 is 0 Å². The molecule has 0 saturated carbocycles. The molecule has 0 heterocycles. The molecule has 4 N–H and O–H groups in total. The van der Waals surface area contributed by atoms with Gasteiger partial charge < -0.3 is 15.9 Å². The van der Waals surface area contributed by atoms with Gasteiger partial charge >= 0.3 is 0 Å². The molecule has 3 heteroatoms. The molecule has 2 rings (SSSR count). The molecule has 0 radical (unpaired) electrons. The molecule has 15 heavy (non-hydrogen) atoms. The third kappa shape index (κ3) is 1.67. The highest BCUT2D eigenvalue weighted by Gasteiger charge is 2.21. The lowest BCUT2D eigenvalue weighted by Gasteiger charge is -2.21. The Morgan fingerprint density at radius 2 is 1.80 bits per heavy atom. The van der Waals surface area contributed by atoms with E-state index in [4.69, 9.17) is 5.73 Å². The number of hydrogen-bond donors (Lipinski definition) is 3. The van der Waals surface area contributed by atoms with Crippen molar-refractivity contribution < 1.29 is 10.2 Å². The van der Waals surface area contributed by atoms with Crippen molar-refractivity contribution in [1.29, 1.82) is 0 Å². The van der Waals surface area contributed by atoms with Crippen LogP contribution < -0.4 is 5.73 Å². The molecular formula is C12H17NO2. The summed E-state index contributed by atoms with van der Waals surface area (Å²) in [4.78, 5) is 0. The molecule has 1 aromatic rings. The minimum atomic E-state index is -0.247. The van der Waals surface area contributed by atoms with Gasteiger partial charge in [0.05, 0.1) is 0 Å². The quantitative estimate of drug-likeness (QED) is 0.617. The molecule has 1 aromatic carbocycles. The molecule has 0 saturated heterocycles. The van der Waals surface area contributed by atoms with Gasteiger partial charge in [0.2, 0.25) is 0 Å². The normalized spacial score (nSPS) is 17.2. The van der Waals surface area contributed by atoms with E-state index in [2.05, 4.69) is 0 Å². The summed E-state index contributed by atoms with van der Waals surface area (Å²) in [6, 6.07) is 1.35. The predicted octanol–water partition coefficient (Wildman–Crippen LogP) is 2.00. The molecule has 3 nitrogen and oxygen atoms in total. The Morgan fingerprint density at radius 1 is 1.20 bits per heavy atom. The zero-order chi connectivity index (χ0) is 11.0. The molecule has 0 aliphatic heterocycles. The number of nitrogens with two attached hydrogens (primary N) is 1. The highest BCUT2D eigenvalue weighted by atomic mass is 16.3. The van der Waals surface area contributed by atoms with Gasteiger partial charge in [0.25, 0.3) is 0 Å². The minimum absolute atomic E-state index is 0.247. The van der Waals surface area contributed by atoms with Crippen LogP contribution in [0.2, 0.25) is 0 Å². The van der Waals surface area contributed by atoms with E-state index in [1.54, 1.807) is 6.07 Å². The molecule has 0 fully saturated rings. The van der Waals surface area contributed by atoms with E-state index in [-0.39, 0.29) is 17.5 Å². The average molecular weight is 207 g/mol. The van der Waals surface area contributed by atoms with Crippen LogP contribution in [0, 0.1) is 0 Å². The van der Waals surface area contributed by atoms with E-state index in [9.17, 15) is 10.2 Å². The molecule has 82 valence electrons. The maximum atomic E-state index is 10.0. The Balaban J connectivity index is 2.59. The number of phenols is 2. The summed E-state index contributed by atoms with van der Waals surface area (Å²) in [5.41, 5.74) is 8.19. The second-order valence-electron chi connectivity index (χ2n) is 4.29. The first-order chi connectivity index (χ1) is 7.11. The zero-order valence-corrected chi connectivity index (χ0v) is 8.95. The summed E-state index contributed by atoms with van der Waals surface area (Å²) in [7, 11) is 0. The van der Waals surface area contributed by atoms with Gasteiger partial charge in [-0.25, -0.2) is 0 Å². The summed E-state index contributed by atoms with van der Waals surface area (Å²) in [6.45, 7) is 1.81. The van der Waals surface area contributed by atoms with Crippen LogP contribution in [-0.4, -0.2) is 10.2 Å². The van der Waals surface area contributed by atoms with Crippen LogP contribution in [-0.2, 0) is 12.8 Å². The van der Waals surface area contributed by atoms with Gasteiger partial charge in [-0.3, -0.25) is 0 Å². The second kappa shape index (κ2) is 3.74. The first kappa shape index (κ1) is 10.3. The molecule has 0 bridgehead atoms. The molecular weight excluding hydrogens is 190 g/mol. The minimum Gasteiger partial charge on any atom is -0.508 e. The Labute approximate surface area is 89.5 Å². The maximum Gasteiger partial charge on any atom is 0.124 e. The van der Waals surface area contributed by atoms with Crippen LogP contribution in [0.3, 0.4) is 0 Å². The lowest BCUT2D eigenvalue weighted by Crippen LogP contribution is -2.10. The first-order valence-electron chi connectivity index (χ1n) is 5.43. The zero-order valence-electron chi connectivity index (χ0n) is 8.95. The highest BCUT2D eigenvalue weighted by Crippen LogP contribution is 2.39. The summed E-state index contributed by atoms with van der Waals surface area (Å²) in [6.07, 6.45) is 3.85. The first-order valence-corrected chi connectivity index (χ1v) is 5.43. The van der Waals surface area contributed by atoms with Gasteiger partial charge in [-0.15, -0.1) is 0 Å².